The highest BCUT2D eigenvalue weighted by Crippen LogP contribution is 2.12. The molecule has 0 aliphatic heterocycles. The standard InChI is InChI=1S/C17H17N3O3/c1-3-20-15(8-11(2)19-20)17(22)23-10-13-9-12-6-4-5-7-14(12)18-16(13)21/h4-9H,3,10H2,1-2H3,(H,18,21). The summed E-state index contributed by atoms with van der Waals surface area (Å²) in [6.07, 6.45) is 0. The lowest BCUT2D eigenvalue weighted by atomic mass is 10.1. The van der Waals surface area contributed by atoms with Crippen molar-refractivity contribution in [2.24, 2.45) is 0 Å². The number of ether oxygens (including phenoxy) is 1. The smallest absolute Gasteiger partial charge is 0.356 e. The van der Waals surface area contributed by atoms with Crippen LogP contribution >= 0.6 is 0 Å². The molecule has 0 aliphatic rings. The number of nitrogens with zero attached hydrogens (tertiary/aromatic N) is 2. The molecule has 118 valence electrons. The van der Waals surface area contributed by atoms with E-state index in [0.717, 1.165) is 16.6 Å². The zero-order valence-corrected chi connectivity index (χ0v) is 13.0. The van der Waals surface area contributed by atoms with Crippen LogP contribution in [0.25, 0.3) is 10.9 Å². The molecule has 0 saturated heterocycles. The Bertz CT molecular complexity index is 924. The fourth-order valence-electron chi connectivity index (χ4n) is 2.47. The number of aromatic amines is 1. The minimum Gasteiger partial charge on any atom is -0.456 e. The van der Waals surface area contributed by atoms with Gasteiger partial charge in [0.1, 0.15) is 12.3 Å². The summed E-state index contributed by atoms with van der Waals surface area (Å²) < 4.78 is 6.87. The van der Waals surface area contributed by atoms with E-state index in [4.69, 9.17) is 4.74 Å². The molecule has 0 amide bonds. The van der Waals surface area contributed by atoms with Gasteiger partial charge < -0.3 is 9.72 Å². The van der Waals surface area contributed by atoms with E-state index >= 15 is 0 Å². The Balaban J connectivity index is 1.81. The van der Waals surface area contributed by atoms with Crippen LogP contribution in [0.4, 0.5) is 0 Å². The summed E-state index contributed by atoms with van der Waals surface area (Å²) in [6, 6.07) is 10.9. The fraction of sp³-hybridized carbons (Fsp3) is 0.235. The lowest BCUT2D eigenvalue weighted by molar-refractivity contribution is 0.0457. The van der Waals surface area contributed by atoms with Crippen molar-refractivity contribution in [2.75, 3.05) is 0 Å². The molecule has 6 heteroatoms. The summed E-state index contributed by atoms with van der Waals surface area (Å²) in [6.45, 7) is 4.22. The van der Waals surface area contributed by atoms with E-state index < -0.39 is 5.97 Å². The van der Waals surface area contributed by atoms with Crippen LogP contribution in [0.3, 0.4) is 0 Å². The van der Waals surface area contributed by atoms with Crippen LogP contribution in [0.1, 0.15) is 28.7 Å². The van der Waals surface area contributed by atoms with Gasteiger partial charge in [0.05, 0.1) is 11.3 Å². The number of carbonyl (C=O) groups is 1. The van der Waals surface area contributed by atoms with Crippen LogP contribution in [0.15, 0.2) is 41.2 Å². The lowest BCUT2D eigenvalue weighted by Crippen LogP contribution is -2.17. The zero-order chi connectivity index (χ0) is 16.4. The normalized spacial score (nSPS) is 10.9. The molecule has 0 saturated carbocycles. The predicted octanol–water partition coefficient (Wildman–Crippen LogP) is 2.41. The second-order valence-electron chi connectivity index (χ2n) is 5.27. The van der Waals surface area contributed by atoms with Crippen LogP contribution in [-0.2, 0) is 17.9 Å². The first-order valence-electron chi connectivity index (χ1n) is 7.41. The molecule has 1 aromatic carbocycles. The van der Waals surface area contributed by atoms with E-state index in [1.165, 1.54) is 0 Å². The third-order valence-electron chi connectivity index (χ3n) is 3.60. The fourth-order valence-corrected chi connectivity index (χ4v) is 2.47. The molecular weight excluding hydrogens is 294 g/mol. The number of hydrogen-bond donors (Lipinski definition) is 1. The molecule has 0 spiro atoms. The van der Waals surface area contributed by atoms with E-state index in [2.05, 4.69) is 10.1 Å². The summed E-state index contributed by atoms with van der Waals surface area (Å²) >= 11 is 0. The number of para-hydroxylation sites is 1. The minimum absolute atomic E-state index is 0.0764. The van der Waals surface area contributed by atoms with Gasteiger partial charge in [-0.1, -0.05) is 18.2 Å². The Hall–Kier alpha value is -2.89. The van der Waals surface area contributed by atoms with Crippen LogP contribution in [0.5, 0.6) is 0 Å². The van der Waals surface area contributed by atoms with Crippen LogP contribution in [0, 0.1) is 6.92 Å². The molecule has 0 fully saturated rings. The quantitative estimate of drug-likeness (QED) is 0.751. The van der Waals surface area contributed by atoms with Crippen LogP contribution < -0.4 is 5.56 Å². The molecule has 6 nitrogen and oxygen atoms in total. The number of aryl methyl sites for hydroxylation is 2. The van der Waals surface area contributed by atoms with E-state index in [9.17, 15) is 9.59 Å². The van der Waals surface area contributed by atoms with Crippen molar-refractivity contribution in [3.8, 4) is 0 Å². The highest BCUT2D eigenvalue weighted by molar-refractivity contribution is 5.87. The van der Waals surface area contributed by atoms with Gasteiger partial charge in [-0.3, -0.25) is 9.48 Å². The average molecular weight is 311 g/mol. The van der Waals surface area contributed by atoms with Crippen molar-refractivity contribution >= 4 is 16.9 Å². The van der Waals surface area contributed by atoms with Crippen LogP contribution in [0.2, 0.25) is 0 Å². The van der Waals surface area contributed by atoms with Gasteiger partial charge in [0.15, 0.2) is 0 Å². The number of carbonyl (C=O) groups excluding carboxylic acids is 1. The van der Waals surface area contributed by atoms with Crippen molar-refractivity contribution in [3.05, 3.63) is 63.7 Å². The third-order valence-corrected chi connectivity index (χ3v) is 3.60. The molecule has 2 heterocycles. The third kappa shape index (κ3) is 3.01. The second kappa shape index (κ2) is 6.08. The Morgan fingerprint density at radius 3 is 2.87 bits per heavy atom. The van der Waals surface area contributed by atoms with Gasteiger partial charge in [0, 0.05) is 12.1 Å². The molecule has 23 heavy (non-hydrogen) atoms. The van der Waals surface area contributed by atoms with Gasteiger partial charge >= 0.3 is 5.97 Å². The highest BCUT2D eigenvalue weighted by atomic mass is 16.5. The van der Waals surface area contributed by atoms with Gasteiger partial charge in [0.25, 0.3) is 5.56 Å². The molecule has 3 aromatic rings. The van der Waals surface area contributed by atoms with Crippen molar-refractivity contribution in [1.82, 2.24) is 14.8 Å². The predicted molar refractivity (Wildman–Crippen MR) is 86.3 cm³/mol. The number of fused-ring (bicyclic) bond motifs is 1. The van der Waals surface area contributed by atoms with E-state index in [1.807, 2.05) is 38.1 Å². The number of benzene rings is 1. The van der Waals surface area contributed by atoms with Gasteiger partial charge in [-0.25, -0.2) is 4.79 Å². The SMILES string of the molecule is CCn1nc(C)cc1C(=O)OCc1cc2ccccc2[nH]c1=O. The molecule has 0 unspecified atom stereocenters. The Kier molecular flexibility index (Phi) is 3.97. The molecule has 1 N–H and O–H groups in total. The van der Waals surface area contributed by atoms with Gasteiger partial charge in [-0.05, 0) is 37.4 Å². The molecule has 0 radical (unpaired) electrons. The van der Waals surface area contributed by atoms with Gasteiger partial charge in [-0.2, -0.15) is 5.10 Å². The number of nitrogens with one attached hydrogen (secondary N) is 1. The van der Waals surface area contributed by atoms with Gasteiger partial charge in [0.2, 0.25) is 0 Å². The van der Waals surface area contributed by atoms with Crippen LogP contribution in [-0.4, -0.2) is 20.7 Å². The Morgan fingerprint density at radius 1 is 1.30 bits per heavy atom. The summed E-state index contributed by atoms with van der Waals surface area (Å²) in [5, 5.41) is 5.11. The number of H-pyrrole nitrogens is 1. The maximum absolute atomic E-state index is 12.2. The maximum Gasteiger partial charge on any atom is 0.356 e. The number of esters is 1. The highest BCUT2D eigenvalue weighted by Gasteiger charge is 2.15. The van der Waals surface area contributed by atoms with Gasteiger partial charge in [-0.15, -0.1) is 0 Å². The van der Waals surface area contributed by atoms with Crippen molar-refractivity contribution in [1.29, 1.82) is 0 Å². The Morgan fingerprint density at radius 2 is 2.09 bits per heavy atom. The first kappa shape index (κ1) is 15.0. The van der Waals surface area contributed by atoms with E-state index in [-0.39, 0.29) is 12.2 Å². The summed E-state index contributed by atoms with van der Waals surface area (Å²) in [5.41, 5.74) is 2.06. The van der Waals surface area contributed by atoms with Crippen molar-refractivity contribution < 1.29 is 9.53 Å². The van der Waals surface area contributed by atoms with E-state index in [0.29, 0.717) is 17.8 Å². The topological polar surface area (TPSA) is 77.0 Å². The van der Waals surface area contributed by atoms with E-state index in [1.54, 1.807) is 16.8 Å². The summed E-state index contributed by atoms with van der Waals surface area (Å²) in [4.78, 5) is 27.0. The lowest BCUT2D eigenvalue weighted by Gasteiger charge is -2.07. The molecule has 0 aliphatic carbocycles. The second-order valence-corrected chi connectivity index (χ2v) is 5.27. The Labute approximate surface area is 132 Å². The molecule has 2 aromatic heterocycles. The number of hydrogen-bond acceptors (Lipinski definition) is 4. The molecule has 3 rings (SSSR count). The zero-order valence-electron chi connectivity index (χ0n) is 13.0. The van der Waals surface area contributed by atoms with Crippen molar-refractivity contribution in [3.63, 3.8) is 0 Å². The number of pyridine rings is 1. The monoisotopic (exact) mass is 311 g/mol. The largest absolute Gasteiger partial charge is 0.456 e. The molecular formula is C17H17N3O3. The molecule has 0 atom stereocenters. The summed E-state index contributed by atoms with van der Waals surface area (Å²) in [7, 11) is 0. The number of aromatic nitrogens is 3. The molecule has 0 bridgehead atoms. The minimum atomic E-state index is -0.486. The average Bonchev–Trinajstić information content (AvgIpc) is 2.93. The first-order valence-corrected chi connectivity index (χ1v) is 7.41. The summed E-state index contributed by atoms with van der Waals surface area (Å²) in [5.74, 6) is -0.486. The number of rotatable bonds is 4. The maximum atomic E-state index is 12.2. The van der Waals surface area contributed by atoms with Crippen molar-refractivity contribution in [2.45, 2.75) is 27.0 Å². The first-order chi connectivity index (χ1) is 11.1.